The molecule has 220 valence electrons. The summed E-state index contributed by atoms with van der Waals surface area (Å²) < 4.78 is 34.1. The highest BCUT2D eigenvalue weighted by molar-refractivity contribution is 9.10. The molecule has 0 aliphatic heterocycles. The van der Waals surface area contributed by atoms with E-state index < -0.39 is 0 Å². The molecule has 44 heavy (non-hydrogen) atoms. The Morgan fingerprint density at radius 1 is 1.05 bits per heavy atom. The van der Waals surface area contributed by atoms with Crippen LogP contribution >= 0.6 is 15.9 Å². The molecule has 0 saturated carbocycles. The predicted octanol–water partition coefficient (Wildman–Crippen LogP) is 8.30. The van der Waals surface area contributed by atoms with E-state index in [2.05, 4.69) is 27.6 Å². The summed E-state index contributed by atoms with van der Waals surface area (Å²) in [5.74, 6) is 1.37. The Hall–Kier alpha value is -5.02. The van der Waals surface area contributed by atoms with E-state index in [0.29, 0.717) is 57.9 Å². The molecule has 0 amide bonds. The van der Waals surface area contributed by atoms with E-state index in [1.165, 1.54) is 16.8 Å². The van der Waals surface area contributed by atoms with Crippen molar-refractivity contribution in [2.75, 3.05) is 6.61 Å². The number of aromatic nitrogens is 2. The van der Waals surface area contributed by atoms with Gasteiger partial charge in [0.2, 0.25) is 5.82 Å². The lowest BCUT2D eigenvalue weighted by Crippen LogP contribution is -2.20. The van der Waals surface area contributed by atoms with Crippen molar-refractivity contribution in [3.05, 3.63) is 135 Å². The number of ether oxygens (including phenoxy) is 2. The molecule has 0 aliphatic rings. The van der Waals surface area contributed by atoms with Crippen molar-refractivity contribution < 1.29 is 18.3 Å². The quantitative estimate of drug-likeness (QED) is 0.110. The van der Waals surface area contributed by atoms with Crippen LogP contribution in [0.3, 0.4) is 0 Å². The van der Waals surface area contributed by atoms with Crippen LogP contribution in [-0.2, 0) is 13.0 Å². The number of benzene rings is 4. The number of nitrogens with zero attached hydrogens (tertiary/aromatic N) is 3. The largest absolute Gasteiger partial charge is 0.490 e. The zero-order valence-electron chi connectivity index (χ0n) is 23.8. The molecule has 6 rings (SSSR count). The molecule has 0 bridgehead atoms. The first-order chi connectivity index (χ1) is 21.4. The molecule has 0 N–H and O–H groups in total. The number of para-hydroxylation sites is 1. The number of rotatable bonds is 10. The fourth-order valence-corrected chi connectivity index (χ4v) is 5.29. The third kappa shape index (κ3) is 6.05. The Morgan fingerprint density at radius 2 is 1.91 bits per heavy atom. The van der Waals surface area contributed by atoms with Crippen LogP contribution in [0.4, 0.5) is 4.39 Å². The van der Waals surface area contributed by atoms with Crippen LogP contribution in [-0.4, -0.2) is 22.5 Å². The van der Waals surface area contributed by atoms with E-state index in [-0.39, 0.29) is 23.8 Å². The van der Waals surface area contributed by atoms with Gasteiger partial charge in [0.25, 0.3) is 5.56 Å². The highest BCUT2D eigenvalue weighted by Crippen LogP contribution is 2.35. The van der Waals surface area contributed by atoms with E-state index in [9.17, 15) is 9.18 Å². The van der Waals surface area contributed by atoms with Gasteiger partial charge in [-0.1, -0.05) is 46.3 Å². The first-order valence-electron chi connectivity index (χ1n) is 14.0. The molecule has 0 radical (unpaired) electrons. The average molecular weight is 653 g/mol. The summed E-state index contributed by atoms with van der Waals surface area (Å²) in [6.45, 7) is 6.32. The van der Waals surface area contributed by atoms with E-state index in [1.807, 2.05) is 43.3 Å². The van der Waals surface area contributed by atoms with Crippen LogP contribution < -0.4 is 15.0 Å². The highest BCUT2D eigenvalue weighted by atomic mass is 79.9. The van der Waals surface area contributed by atoms with Crippen molar-refractivity contribution >= 4 is 44.0 Å². The standard InChI is InChI=1S/C35H27BrFN3O4/c1-3-8-24-15-23(17-31(42-4-2)33(24)43-21-22-9-7-10-27(37)16-22)20-38-40-34(39-29-12-6-5-11-28(29)35(40)41)32-19-25-18-26(36)13-14-30(25)44-32/h3,5-7,9-20H,1,4,8,21H2,2H3. The lowest BCUT2D eigenvalue weighted by atomic mass is 10.1. The molecule has 4 aromatic carbocycles. The maximum atomic E-state index is 13.7. The Bertz CT molecular complexity index is 2100. The molecule has 2 heterocycles. The van der Waals surface area contributed by atoms with Crippen LogP contribution in [0.1, 0.15) is 23.6 Å². The molecule has 0 spiro atoms. The number of hydrogen-bond acceptors (Lipinski definition) is 6. The van der Waals surface area contributed by atoms with Gasteiger partial charge in [0.05, 0.1) is 23.7 Å². The van der Waals surface area contributed by atoms with Gasteiger partial charge in [0, 0.05) is 15.4 Å². The van der Waals surface area contributed by atoms with Crippen LogP contribution in [0, 0.1) is 5.82 Å². The second kappa shape index (κ2) is 12.7. The SMILES string of the molecule is C=CCc1cc(C=Nn2c(-c3cc4cc(Br)ccc4o3)nc3ccccc3c2=O)cc(OCC)c1OCc1cccc(F)c1. The minimum atomic E-state index is -0.338. The second-order valence-electron chi connectivity index (χ2n) is 9.96. The molecule has 0 unspecified atom stereocenters. The Kier molecular flexibility index (Phi) is 8.38. The highest BCUT2D eigenvalue weighted by Gasteiger charge is 2.18. The van der Waals surface area contributed by atoms with Crippen molar-refractivity contribution in [2.45, 2.75) is 20.0 Å². The van der Waals surface area contributed by atoms with Crippen molar-refractivity contribution in [1.29, 1.82) is 0 Å². The van der Waals surface area contributed by atoms with Crippen LogP contribution in [0.2, 0.25) is 0 Å². The molecule has 9 heteroatoms. The summed E-state index contributed by atoms with van der Waals surface area (Å²) in [6.07, 6.45) is 3.82. The van der Waals surface area contributed by atoms with Crippen molar-refractivity contribution in [1.82, 2.24) is 9.66 Å². The number of halogens is 2. The van der Waals surface area contributed by atoms with Crippen LogP contribution in [0.5, 0.6) is 11.5 Å². The van der Waals surface area contributed by atoms with Crippen LogP contribution in [0.25, 0.3) is 33.5 Å². The normalized spacial score (nSPS) is 11.4. The molecular weight excluding hydrogens is 625 g/mol. The number of furan rings is 1. The molecule has 2 aromatic heterocycles. The Labute approximate surface area is 261 Å². The van der Waals surface area contributed by atoms with Gasteiger partial charge < -0.3 is 13.9 Å². The minimum absolute atomic E-state index is 0.158. The third-order valence-corrected chi connectivity index (χ3v) is 7.36. The number of allylic oxidation sites excluding steroid dienone is 1. The van der Waals surface area contributed by atoms with Gasteiger partial charge in [-0.05, 0) is 85.1 Å². The lowest BCUT2D eigenvalue weighted by molar-refractivity contribution is 0.267. The molecule has 6 aromatic rings. The third-order valence-electron chi connectivity index (χ3n) is 6.87. The maximum absolute atomic E-state index is 13.7. The fraction of sp³-hybridized carbons (Fsp3) is 0.114. The first kappa shape index (κ1) is 29.1. The zero-order chi connectivity index (χ0) is 30.6. The summed E-state index contributed by atoms with van der Waals surface area (Å²) in [4.78, 5) is 18.5. The first-order valence-corrected chi connectivity index (χ1v) is 14.8. The summed E-state index contributed by atoms with van der Waals surface area (Å²) in [7, 11) is 0. The van der Waals surface area contributed by atoms with Gasteiger partial charge in [-0.25, -0.2) is 9.37 Å². The fourth-order valence-electron chi connectivity index (χ4n) is 4.91. The van der Waals surface area contributed by atoms with Crippen molar-refractivity contribution in [2.24, 2.45) is 5.10 Å². The molecule has 0 aliphatic carbocycles. The van der Waals surface area contributed by atoms with Crippen LogP contribution in [0.15, 0.2) is 116 Å². The summed E-state index contributed by atoms with van der Waals surface area (Å²) in [6, 6.07) is 24.6. The van der Waals surface area contributed by atoms with E-state index >= 15 is 0 Å². The monoisotopic (exact) mass is 651 g/mol. The minimum Gasteiger partial charge on any atom is -0.490 e. The zero-order valence-corrected chi connectivity index (χ0v) is 25.4. The van der Waals surface area contributed by atoms with E-state index in [1.54, 1.807) is 48.7 Å². The van der Waals surface area contributed by atoms with Crippen molar-refractivity contribution in [3.63, 3.8) is 0 Å². The Morgan fingerprint density at radius 3 is 2.73 bits per heavy atom. The smallest absolute Gasteiger partial charge is 0.282 e. The van der Waals surface area contributed by atoms with Crippen molar-refractivity contribution in [3.8, 4) is 23.1 Å². The summed E-state index contributed by atoms with van der Waals surface area (Å²) in [5.41, 5.74) is 3.02. The number of hydrogen-bond donors (Lipinski definition) is 0. The molecular formula is C35H27BrFN3O4. The predicted molar refractivity (Wildman–Crippen MR) is 174 cm³/mol. The van der Waals surface area contributed by atoms with Gasteiger partial charge in [0.15, 0.2) is 17.3 Å². The van der Waals surface area contributed by atoms with E-state index in [0.717, 1.165) is 15.4 Å². The summed E-state index contributed by atoms with van der Waals surface area (Å²) >= 11 is 3.49. The molecule has 0 saturated heterocycles. The topological polar surface area (TPSA) is 78.9 Å². The van der Waals surface area contributed by atoms with Gasteiger partial charge in [-0.2, -0.15) is 9.78 Å². The van der Waals surface area contributed by atoms with Gasteiger partial charge >= 0.3 is 0 Å². The maximum Gasteiger partial charge on any atom is 0.282 e. The summed E-state index contributed by atoms with van der Waals surface area (Å²) in [5, 5.41) is 5.89. The molecule has 0 atom stereocenters. The van der Waals surface area contributed by atoms with Gasteiger partial charge in [-0.3, -0.25) is 4.79 Å². The molecule has 7 nitrogen and oxygen atoms in total. The van der Waals surface area contributed by atoms with Gasteiger partial charge in [0.1, 0.15) is 18.0 Å². The molecule has 0 fully saturated rings. The second-order valence-corrected chi connectivity index (χ2v) is 10.9. The Balaban J connectivity index is 1.44. The number of fused-ring (bicyclic) bond motifs is 2. The van der Waals surface area contributed by atoms with E-state index in [4.69, 9.17) is 18.9 Å². The average Bonchev–Trinajstić information content (AvgIpc) is 3.43. The van der Waals surface area contributed by atoms with Gasteiger partial charge in [-0.15, -0.1) is 6.58 Å². The lowest BCUT2D eigenvalue weighted by Gasteiger charge is -2.17.